The highest BCUT2D eigenvalue weighted by molar-refractivity contribution is 5.88. The number of likely N-dealkylation sites (N-methyl/N-ethyl adjacent to an activating group) is 1. The second-order valence-corrected chi connectivity index (χ2v) is 5.19. The first-order chi connectivity index (χ1) is 9.49. The Hall–Kier alpha value is -1.89. The van der Waals surface area contributed by atoms with Crippen LogP contribution in [-0.4, -0.2) is 63.2 Å². The van der Waals surface area contributed by atoms with E-state index >= 15 is 0 Å². The molecule has 0 aliphatic carbocycles. The zero-order valence-electron chi connectivity index (χ0n) is 11.9. The number of carbonyl (C=O) groups excluding carboxylic acids is 1. The van der Waals surface area contributed by atoms with Gasteiger partial charge in [0, 0.05) is 26.7 Å². The zero-order chi connectivity index (χ0) is 14.7. The van der Waals surface area contributed by atoms with E-state index < -0.39 is 5.97 Å². The minimum atomic E-state index is -0.993. The summed E-state index contributed by atoms with van der Waals surface area (Å²) in [6, 6.07) is 0. The van der Waals surface area contributed by atoms with Gasteiger partial charge in [-0.05, 0) is 19.9 Å². The van der Waals surface area contributed by atoms with Crippen molar-refractivity contribution in [3.63, 3.8) is 0 Å². The Kier molecular flexibility index (Phi) is 4.39. The fraction of sp³-hybridized carbons (Fsp3) is 0.615. The number of likely N-dealkylation sites (tertiary alicyclic amines) is 1. The molecule has 0 saturated carbocycles. The Balaban J connectivity index is 1.97. The Morgan fingerprint density at radius 2 is 2.05 bits per heavy atom. The molecule has 1 aliphatic rings. The number of nitrogens with zero attached hydrogens (tertiary/aromatic N) is 4. The number of carbonyl (C=O) groups is 2. The topological polar surface area (TPSA) is 78.7 Å². The van der Waals surface area contributed by atoms with Crippen molar-refractivity contribution in [3.05, 3.63) is 17.5 Å². The number of aromatic nitrogens is 2. The molecule has 2 heterocycles. The van der Waals surface area contributed by atoms with Crippen LogP contribution < -0.4 is 0 Å². The highest BCUT2D eigenvalue weighted by Crippen LogP contribution is 2.12. The van der Waals surface area contributed by atoms with Crippen molar-refractivity contribution in [2.45, 2.75) is 19.4 Å². The van der Waals surface area contributed by atoms with Gasteiger partial charge in [-0.2, -0.15) is 5.10 Å². The summed E-state index contributed by atoms with van der Waals surface area (Å²) in [5, 5.41) is 13.1. The van der Waals surface area contributed by atoms with Crippen molar-refractivity contribution in [3.8, 4) is 0 Å². The van der Waals surface area contributed by atoms with E-state index in [4.69, 9.17) is 5.11 Å². The lowest BCUT2D eigenvalue weighted by atomic mass is 10.2. The van der Waals surface area contributed by atoms with Crippen LogP contribution in [0.3, 0.4) is 0 Å². The SMILES string of the molecule is CN(CC(=O)N1CCCC1)Cc1c(C(=O)O)cnn1C. The van der Waals surface area contributed by atoms with Crippen molar-refractivity contribution in [2.24, 2.45) is 7.05 Å². The van der Waals surface area contributed by atoms with Crippen LogP contribution >= 0.6 is 0 Å². The van der Waals surface area contributed by atoms with Crippen molar-refractivity contribution in [1.82, 2.24) is 19.6 Å². The monoisotopic (exact) mass is 280 g/mol. The largest absolute Gasteiger partial charge is 0.478 e. The number of hydrogen-bond donors (Lipinski definition) is 1. The molecule has 1 aromatic rings. The highest BCUT2D eigenvalue weighted by Gasteiger charge is 2.21. The third-order valence-electron chi connectivity index (χ3n) is 3.58. The molecule has 2 rings (SSSR count). The number of hydrogen-bond acceptors (Lipinski definition) is 4. The summed E-state index contributed by atoms with van der Waals surface area (Å²) in [5.41, 5.74) is 0.794. The lowest BCUT2D eigenvalue weighted by molar-refractivity contribution is -0.131. The van der Waals surface area contributed by atoms with E-state index in [1.165, 1.54) is 6.20 Å². The third-order valence-corrected chi connectivity index (χ3v) is 3.58. The fourth-order valence-corrected chi connectivity index (χ4v) is 2.44. The standard InChI is InChI=1S/C13H20N4O3/c1-15(9-12(18)17-5-3-4-6-17)8-11-10(13(19)20)7-14-16(11)2/h7H,3-6,8-9H2,1-2H3,(H,19,20). The van der Waals surface area contributed by atoms with Gasteiger partial charge in [-0.15, -0.1) is 0 Å². The Bertz CT molecular complexity index is 506. The summed E-state index contributed by atoms with van der Waals surface area (Å²) >= 11 is 0. The maximum Gasteiger partial charge on any atom is 0.339 e. The minimum absolute atomic E-state index is 0.101. The average molecular weight is 280 g/mol. The molecule has 0 spiro atoms. The number of rotatable bonds is 5. The highest BCUT2D eigenvalue weighted by atomic mass is 16.4. The Labute approximate surface area is 117 Å². The molecule has 7 heteroatoms. The van der Waals surface area contributed by atoms with Crippen molar-refractivity contribution in [2.75, 3.05) is 26.7 Å². The summed E-state index contributed by atoms with van der Waals surface area (Å²) in [4.78, 5) is 26.8. The van der Waals surface area contributed by atoms with Gasteiger partial charge in [0.05, 0.1) is 18.4 Å². The van der Waals surface area contributed by atoms with Crippen LogP contribution in [0, 0.1) is 0 Å². The molecule has 0 unspecified atom stereocenters. The number of aryl methyl sites for hydroxylation is 1. The van der Waals surface area contributed by atoms with E-state index in [1.54, 1.807) is 11.7 Å². The summed E-state index contributed by atoms with van der Waals surface area (Å²) < 4.78 is 1.54. The molecular weight excluding hydrogens is 260 g/mol. The maximum atomic E-state index is 12.0. The summed E-state index contributed by atoms with van der Waals surface area (Å²) in [6.45, 7) is 2.35. The number of aromatic carboxylic acids is 1. The van der Waals surface area contributed by atoms with Crippen LogP contribution in [0.2, 0.25) is 0 Å². The van der Waals surface area contributed by atoms with Crippen molar-refractivity contribution >= 4 is 11.9 Å². The molecule has 1 aromatic heterocycles. The number of amides is 1. The first-order valence-corrected chi connectivity index (χ1v) is 6.69. The predicted molar refractivity (Wildman–Crippen MR) is 72.3 cm³/mol. The summed E-state index contributed by atoms with van der Waals surface area (Å²) in [5.74, 6) is -0.892. The number of carboxylic acid groups (broad SMARTS) is 1. The average Bonchev–Trinajstić information content (AvgIpc) is 3.00. The van der Waals surface area contributed by atoms with Gasteiger partial charge in [0.15, 0.2) is 0 Å². The van der Waals surface area contributed by atoms with E-state index in [9.17, 15) is 9.59 Å². The second-order valence-electron chi connectivity index (χ2n) is 5.19. The quantitative estimate of drug-likeness (QED) is 0.832. The first kappa shape index (κ1) is 14.5. The zero-order valence-corrected chi connectivity index (χ0v) is 11.9. The van der Waals surface area contributed by atoms with Gasteiger partial charge in [-0.25, -0.2) is 4.79 Å². The van der Waals surface area contributed by atoms with Crippen molar-refractivity contribution in [1.29, 1.82) is 0 Å². The Morgan fingerprint density at radius 3 is 2.65 bits per heavy atom. The lowest BCUT2D eigenvalue weighted by Gasteiger charge is -2.21. The normalized spacial score (nSPS) is 15.1. The van der Waals surface area contributed by atoms with Crippen LogP contribution in [-0.2, 0) is 18.4 Å². The molecule has 1 saturated heterocycles. The maximum absolute atomic E-state index is 12.0. The lowest BCUT2D eigenvalue weighted by Crippen LogP contribution is -2.37. The van der Waals surface area contributed by atoms with E-state index in [0.717, 1.165) is 25.9 Å². The van der Waals surface area contributed by atoms with Crippen LogP contribution in [0.5, 0.6) is 0 Å². The third kappa shape index (κ3) is 3.16. The Morgan fingerprint density at radius 1 is 1.40 bits per heavy atom. The fourth-order valence-electron chi connectivity index (χ4n) is 2.44. The van der Waals surface area contributed by atoms with Crippen LogP contribution in [0.15, 0.2) is 6.20 Å². The van der Waals surface area contributed by atoms with Gasteiger partial charge in [-0.3, -0.25) is 14.4 Å². The molecule has 1 amide bonds. The van der Waals surface area contributed by atoms with E-state index in [2.05, 4.69) is 5.10 Å². The van der Waals surface area contributed by atoms with Gasteiger partial charge in [0.25, 0.3) is 0 Å². The predicted octanol–water partition coefficient (Wildman–Crippen LogP) is 0.173. The summed E-state index contributed by atoms with van der Waals surface area (Å²) in [6.07, 6.45) is 3.48. The summed E-state index contributed by atoms with van der Waals surface area (Å²) in [7, 11) is 3.52. The molecule has 7 nitrogen and oxygen atoms in total. The first-order valence-electron chi connectivity index (χ1n) is 6.69. The molecular formula is C13H20N4O3. The van der Waals surface area contributed by atoms with Gasteiger partial charge in [0.2, 0.25) is 5.91 Å². The minimum Gasteiger partial charge on any atom is -0.478 e. The molecule has 0 radical (unpaired) electrons. The smallest absolute Gasteiger partial charge is 0.339 e. The van der Waals surface area contributed by atoms with Crippen LogP contribution in [0.25, 0.3) is 0 Å². The van der Waals surface area contributed by atoms with Gasteiger partial charge in [-0.1, -0.05) is 0 Å². The van der Waals surface area contributed by atoms with E-state index in [0.29, 0.717) is 18.8 Å². The van der Waals surface area contributed by atoms with Gasteiger partial charge >= 0.3 is 5.97 Å². The molecule has 0 bridgehead atoms. The molecule has 1 aliphatic heterocycles. The van der Waals surface area contributed by atoms with Crippen molar-refractivity contribution < 1.29 is 14.7 Å². The van der Waals surface area contributed by atoms with Crippen LogP contribution in [0.4, 0.5) is 0 Å². The molecule has 110 valence electrons. The van der Waals surface area contributed by atoms with E-state index in [1.807, 2.05) is 16.8 Å². The second kappa shape index (κ2) is 6.04. The number of carboxylic acids is 1. The van der Waals surface area contributed by atoms with Gasteiger partial charge < -0.3 is 10.0 Å². The van der Waals surface area contributed by atoms with Gasteiger partial charge in [0.1, 0.15) is 5.56 Å². The molecule has 1 fully saturated rings. The molecule has 0 atom stereocenters. The molecule has 0 aromatic carbocycles. The molecule has 20 heavy (non-hydrogen) atoms. The molecule has 1 N–H and O–H groups in total. The van der Waals surface area contributed by atoms with Crippen LogP contribution in [0.1, 0.15) is 28.9 Å². The van der Waals surface area contributed by atoms with E-state index in [-0.39, 0.29) is 11.5 Å².